The molecule has 0 bridgehead atoms. The molecule has 0 radical (unpaired) electrons. The maximum atomic E-state index is 12.1. The molecule has 1 rings (SSSR count). The number of alkyl halides is 2. The van der Waals surface area contributed by atoms with E-state index in [1.807, 2.05) is 0 Å². The largest absolute Gasteiger partial charge is 0.355 e. The van der Waals surface area contributed by atoms with Gasteiger partial charge in [-0.25, -0.2) is 8.42 Å². The third kappa shape index (κ3) is 2.90. The van der Waals surface area contributed by atoms with E-state index in [-0.39, 0.29) is 11.3 Å². The normalized spacial score (nSPS) is 11.2. The Morgan fingerprint density at radius 3 is 2.56 bits per heavy atom. The molecule has 0 aliphatic rings. The molecule has 0 atom stereocenters. The lowest BCUT2D eigenvalue weighted by Gasteiger charge is -2.08. The number of benzene rings is 1. The molecular weight excluding hydrogens is 306 g/mol. The Bertz CT molecular complexity index is 539. The summed E-state index contributed by atoms with van der Waals surface area (Å²) in [6.07, 6.45) is 0. The fourth-order valence-corrected chi connectivity index (χ4v) is 1.82. The smallest absolute Gasteiger partial charge is 0.277 e. The van der Waals surface area contributed by atoms with Crippen molar-refractivity contribution in [3.05, 3.63) is 28.2 Å². The summed E-state index contributed by atoms with van der Waals surface area (Å²) in [6, 6.07) is 5.74. The first-order valence-electron chi connectivity index (χ1n) is 3.86. The molecule has 1 aromatic carbocycles. The highest BCUT2D eigenvalue weighted by Gasteiger charge is 2.24. The number of nitrogens with zero attached hydrogens (tertiary/aromatic N) is 1. The molecule has 0 aliphatic carbocycles. The van der Waals surface area contributed by atoms with Crippen LogP contribution in [0.5, 0.6) is 0 Å². The summed E-state index contributed by atoms with van der Waals surface area (Å²) in [5, 5.41) is 8.66. The van der Waals surface area contributed by atoms with Crippen LogP contribution >= 0.6 is 15.9 Å². The second kappa shape index (κ2) is 4.76. The fourth-order valence-electron chi connectivity index (χ4n) is 0.896. The van der Waals surface area contributed by atoms with Crippen LogP contribution in [0, 0.1) is 11.3 Å². The molecule has 0 aliphatic heterocycles. The van der Waals surface area contributed by atoms with Gasteiger partial charge in [0.25, 0.3) is 10.0 Å². The van der Waals surface area contributed by atoms with Crippen molar-refractivity contribution in [2.24, 2.45) is 0 Å². The number of rotatable bonds is 3. The maximum Gasteiger partial charge on any atom is 0.355 e. The molecule has 0 fully saturated rings. The van der Waals surface area contributed by atoms with Crippen molar-refractivity contribution in [2.75, 3.05) is 4.72 Å². The summed E-state index contributed by atoms with van der Waals surface area (Å²) >= 11 is 3.04. The molecule has 0 amide bonds. The summed E-state index contributed by atoms with van der Waals surface area (Å²) in [6.45, 7) is 0. The van der Waals surface area contributed by atoms with Crippen LogP contribution in [-0.4, -0.2) is 14.2 Å². The van der Waals surface area contributed by atoms with Gasteiger partial charge >= 0.3 is 5.76 Å². The SMILES string of the molecule is N#Cc1ccc(Br)cc1NS(=O)(=O)C(F)F. The minimum absolute atomic E-state index is 0.0348. The number of nitrogens with one attached hydrogen (secondary N) is 1. The van der Waals surface area contributed by atoms with Gasteiger partial charge in [-0.1, -0.05) is 15.9 Å². The minimum Gasteiger partial charge on any atom is -0.277 e. The van der Waals surface area contributed by atoms with E-state index in [9.17, 15) is 17.2 Å². The molecule has 0 unspecified atom stereocenters. The van der Waals surface area contributed by atoms with Gasteiger partial charge in [0.05, 0.1) is 11.3 Å². The van der Waals surface area contributed by atoms with E-state index in [0.29, 0.717) is 4.47 Å². The predicted octanol–water partition coefficient (Wildman–Crippen LogP) is 2.29. The lowest BCUT2D eigenvalue weighted by atomic mass is 10.2. The zero-order valence-corrected chi connectivity index (χ0v) is 10.0. The van der Waals surface area contributed by atoms with Gasteiger partial charge in [0.2, 0.25) is 0 Å². The van der Waals surface area contributed by atoms with Crippen molar-refractivity contribution in [1.82, 2.24) is 0 Å². The molecule has 0 spiro atoms. The lowest BCUT2D eigenvalue weighted by molar-refractivity contribution is 0.236. The molecule has 0 aromatic heterocycles. The van der Waals surface area contributed by atoms with Crippen LogP contribution < -0.4 is 4.72 Å². The van der Waals surface area contributed by atoms with Crippen LogP contribution in [0.15, 0.2) is 22.7 Å². The van der Waals surface area contributed by atoms with Crippen molar-refractivity contribution in [3.8, 4) is 6.07 Å². The Kier molecular flexibility index (Phi) is 3.83. The van der Waals surface area contributed by atoms with Crippen molar-refractivity contribution >= 4 is 31.6 Å². The Morgan fingerprint density at radius 1 is 1.44 bits per heavy atom. The summed E-state index contributed by atoms with van der Waals surface area (Å²) < 4.78 is 48.1. The van der Waals surface area contributed by atoms with E-state index in [1.54, 1.807) is 10.8 Å². The summed E-state index contributed by atoms with van der Waals surface area (Å²) in [5.74, 6) is -3.54. The van der Waals surface area contributed by atoms with Gasteiger partial charge in [-0.05, 0) is 18.2 Å². The Labute approximate surface area is 99.1 Å². The number of halogens is 3. The quantitative estimate of drug-likeness (QED) is 0.931. The number of hydrogen-bond donors (Lipinski definition) is 1. The number of hydrogen-bond acceptors (Lipinski definition) is 3. The maximum absolute atomic E-state index is 12.1. The standard InChI is InChI=1S/C8H5BrF2N2O2S/c9-6-2-1-5(4-12)7(3-6)13-16(14,15)8(10)11/h1-3,8,13H. The number of anilines is 1. The second-order valence-corrected chi connectivity index (χ2v) is 5.28. The van der Waals surface area contributed by atoms with Crippen molar-refractivity contribution in [3.63, 3.8) is 0 Å². The monoisotopic (exact) mass is 310 g/mol. The van der Waals surface area contributed by atoms with E-state index in [4.69, 9.17) is 5.26 Å². The summed E-state index contributed by atoms with van der Waals surface area (Å²) in [5.41, 5.74) is -0.218. The van der Waals surface area contributed by atoms with Crippen molar-refractivity contribution in [1.29, 1.82) is 5.26 Å². The minimum atomic E-state index is -4.76. The molecule has 1 N–H and O–H groups in total. The van der Waals surface area contributed by atoms with Gasteiger partial charge in [-0.3, -0.25) is 4.72 Å². The van der Waals surface area contributed by atoms with Gasteiger partial charge < -0.3 is 0 Å². The van der Waals surface area contributed by atoms with Crippen LogP contribution in [0.4, 0.5) is 14.5 Å². The van der Waals surface area contributed by atoms with E-state index >= 15 is 0 Å². The number of sulfonamides is 1. The molecule has 4 nitrogen and oxygen atoms in total. The predicted molar refractivity (Wildman–Crippen MR) is 57.4 cm³/mol. The molecule has 8 heteroatoms. The van der Waals surface area contributed by atoms with Gasteiger partial charge in [0, 0.05) is 4.47 Å². The average Bonchev–Trinajstić information content (AvgIpc) is 2.17. The highest BCUT2D eigenvalue weighted by molar-refractivity contribution is 9.10. The van der Waals surface area contributed by atoms with E-state index in [1.165, 1.54) is 18.2 Å². The molecule has 1 aromatic rings. The molecular formula is C8H5BrF2N2O2S. The summed E-state index contributed by atoms with van der Waals surface area (Å²) in [4.78, 5) is 0. The first-order valence-corrected chi connectivity index (χ1v) is 6.20. The van der Waals surface area contributed by atoms with E-state index in [0.717, 1.165) is 0 Å². The van der Waals surface area contributed by atoms with Crippen LogP contribution in [0.3, 0.4) is 0 Å². The van der Waals surface area contributed by atoms with Crippen LogP contribution in [0.25, 0.3) is 0 Å². The molecule has 0 saturated heterocycles. The van der Waals surface area contributed by atoms with E-state index in [2.05, 4.69) is 15.9 Å². The average molecular weight is 311 g/mol. The van der Waals surface area contributed by atoms with Gasteiger partial charge in [0.15, 0.2) is 0 Å². The van der Waals surface area contributed by atoms with Crippen LogP contribution in [-0.2, 0) is 10.0 Å². The van der Waals surface area contributed by atoms with E-state index < -0.39 is 15.8 Å². The first-order chi connectivity index (χ1) is 7.36. The highest BCUT2D eigenvalue weighted by Crippen LogP contribution is 2.23. The second-order valence-electron chi connectivity index (χ2n) is 2.71. The van der Waals surface area contributed by atoms with Gasteiger partial charge in [-0.2, -0.15) is 14.0 Å². The van der Waals surface area contributed by atoms with Crippen molar-refractivity contribution in [2.45, 2.75) is 5.76 Å². The third-order valence-electron chi connectivity index (χ3n) is 1.59. The zero-order chi connectivity index (χ0) is 12.3. The highest BCUT2D eigenvalue weighted by atomic mass is 79.9. The Hall–Kier alpha value is -1.20. The molecule has 0 heterocycles. The molecule has 86 valence electrons. The third-order valence-corrected chi connectivity index (χ3v) is 3.06. The molecule has 0 saturated carbocycles. The summed E-state index contributed by atoms with van der Waals surface area (Å²) in [7, 11) is -4.76. The number of nitriles is 1. The fraction of sp³-hybridized carbons (Fsp3) is 0.125. The first kappa shape index (κ1) is 12.9. The van der Waals surface area contributed by atoms with Gasteiger partial charge in [-0.15, -0.1) is 0 Å². The Morgan fingerprint density at radius 2 is 2.06 bits per heavy atom. The zero-order valence-electron chi connectivity index (χ0n) is 7.62. The lowest BCUT2D eigenvalue weighted by Crippen LogP contribution is -2.21. The van der Waals surface area contributed by atoms with Crippen molar-refractivity contribution < 1.29 is 17.2 Å². The topological polar surface area (TPSA) is 70.0 Å². The van der Waals surface area contributed by atoms with Gasteiger partial charge in [0.1, 0.15) is 6.07 Å². The van der Waals surface area contributed by atoms with Crippen LogP contribution in [0.1, 0.15) is 5.56 Å². The molecule has 16 heavy (non-hydrogen) atoms. The Balaban J connectivity index is 3.16. The van der Waals surface area contributed by atoms with Crippen LogP contribution in [0.2, 0.25) is 0 Å².